The van der Waals surface area contributed by atoms with E-state index in [-0.39, 0.29) is 23.4 Å². The third kappa shape index (κ3) is 5.61. The van der Waals surface area contributed by atoms with Gasteiger partial charge in [0.05, 0.1) is 12.8 Å². The smallest absolute Gasteiger partial charge is 0.277 e. The molecule has 1 aliphatic rings. The number of fused-ring (bicyclic) bond motifs is 1. The average molecular weight is 524 g/mol. The number of methoxy groups -OCH3 is 1. The van der Waals surface area contributed by atoms with E-state index in [0.29, 0.717) is 59.3 Å². The molecule has 0 atom stereocenters. The number of benzene rings is 2. The summed E-state index contributed by atoms with van der Waals surface area (Å²) in [4.78, 5) is 41.9. The number of nitrogens with one attached hydrogen (secondary N) is 1. The Morgan fingerprint density at radius 2 is 1.73 bits per heavy atom. The lowest BCUT2D eigenvalue weighted by Crippen LogP contribution is -2.39. The Morgan fingerprint density at radius 1 is 1.05 bits per heavy atom. The Bertz CT molecular complexity index is 1290. The van der Waals surface area contributed by atoms with E-state index in [1.54, 1.807) is 74.6 Å². The first-order chi connectivity index (χ1) is 17.8. The molecule has 0 spiro atoms. The van der Waals surface area contributed by atoms with Crippen LogP contribution in [0.4, 0.5) is 11.4 Å². The second-order valence-electron chi connectivity index (χ2n) is 8.93. The second-order valence-corrected chi connectivity index (χ2v) is 9.31. The summed E-state index contributed by atoms with van der Waals surface area (Å²) < 4.78 is 6.79. The van der Waals surface area contributed by atoms with Gasteiger partial charge in [-0.25, -0.2) is 4.68 Å². The number of amides is 3. The van der Waals surface area contributed by atoms with Crippen LogP contribution in [0.25, 0.3) is 5.69 Å². The molecule has 0 unspecified atom stereocenters. The number of anilines is 2. The summed E-state index contributed by atoms with van der Waals surface area (Å²) in [6, 6.07) is 14.3. The second kappa shape index (κ2) is 11.5. The maximum absolute atomic E-state index is 13.8. The molecule has 4 rings (SSSR count). The van der Waals surface area contributed by atoms with Gasteiger partial charge >= 0.3 is 0 Å². The van der Waals surface area contributed by atoms with E-state index in [9.17, 15) is 14.4 Å². The van der Waals surface area contributed by atoms with E-state index in [1.165, 1.54) is 9.58 Å². The quantitative estimate of drug-likeness (QED) is 0.336. The summed E-state index contributed by atoms with van der Waals surface area (Å²) in [5.74, 6) is 0.637. The Morgan fingerprint density at radius 3 is 2.35 bits per heavy atom. The number of carbonyl (C=O) groups excluding carboxylic acids is 3. The highest BCUT2D eigenvalue weighted by Gasteiger charge is 2.35. The van der Waals surface area contributed by atoms with Crippen molar-refractivity contribution in [2.45, 2.75) is 25.7 Å². The predicted molar refractivity (Wildman–Crippen MR) is 143 cm³/mol. The summed E-state index contributed by atoms with van der Waals surface area (Å²) in [6.07, 6.45) is 2.41. The first-order valence-electron chi connectivity index (χ1n) is 12.1. The van der Waals surface area contributed by atoms with Crippen molar-refractivity contribution in [3.63, 3.8) is 0 Å². The molecular weight excluding hydrogens is 494 g/mol. The molecule has 3 amide bonds. The molecule has 0 fully saturated rings. The SMILES string of the molecule is COc1ccc(-n2nc(C(=O)N(C)C)c3c2C(=O)N(c2ccc(NC(=O)CCCCCl)cc2)CC3)cc1. The number of aromatic nitrogens is 2. The van der Waals surface area contributed by atoms with Crippen molar-refractivity contribution in [2.24, 2.45) is 0 Å². The van der Waals surface area contributed by atoms with Crippen molar-refractivity contribution in [3.8, 4) is 11.4 Å². The predicted octanol–water partition coefficient (Wildman–Crippen LogP) is 4.13. The van der Waals surface area contributed by atoms with E-state index in [1.807, 2.05) is 0 Å². The highest BCUT2D eigenvalue weighted by atomic mass is 35.5. The molecule has 37 heavy (non-hydrogen) atoms. The van der Waals surface area contributed by atoms with Crippen molar-refractivity contribution in [1.82, 2.24) is 14.7 Å². The number of rotatable bonds is 9. The number of halogens is 1. The molecule has 2 aromatic carbocycles. The Labute approximate surface area is 220 Å². The van der Waals surface area contributed by atoms with Crippen molar-refractivity contribution in [1.29, 1.82) is 0 Å². The van der Waals surface area contributed by atoms with Crippen LogP contribution < -0.4 is 15.0 Å². The monoisotopic (exact) mass is 523 g/mol. The molecule has 0 bridgehead atoms. The molecule has 2 heterocycles. The van der Waals surface area contributed by atoms with E-state index >= 15 is 0 Å². The minimum absolute atomic E-state index is 0.0713. The molecule has 1 aromatic heterocycles. The van der Waals surface area contributed by atoms with Gasteiger partial charge < -0.3 is 19.9 Å². The lowest BCUT2D eigenvalue weighted by molar-refractivity contribution is -0.116. The lowest BCUT2D eigenvalue weighted by Gasteiger charge is -2.28. The fraction of sp³-hybridized carbons (Fsp3) is 0.333. The fourth-order valence-electron chi connectivity index (χ4n) is 4.23. The average Bonchev–Trinajstić information content (AvgIpc) is 3.29. The molecule has 0 aliphatic carbocycles. The van der Waals surface area contributed by atoms with E-state index in [4.69, 9.17) is 16.3 Å². The summed E-state index contributed by atoms with van der Waals surface area (Å²) in [5.41, 5.74) is 3.27. The minimum atomic E-state index is -0.254. The van der Waals surface area contributed by atoms with Crippen molar-refractivity contribution in [2.75, 3.05) is 43.8 Å². The Kier molecular flexibility index (Phi) is 8.13. The number of carbonyl (C=O) groups is 3. The number of hydrogen-bond donors (Lipinski definition) is 1. The zero-order valence-corrected chi connectivity index (χ0v) is 21.9. The van der Waals surface area contributed by atoms with E-state index in [2.05, 4.69) is 10.4 Å². The van der Waals surface area contributed by atoms with Crippen LogP contribution in [0.2, 0.25) is 0 Å². The maximum atomic E-state index is 13.8. The first-order valence-corrected chi connectivity index (χ1v) is 12.6. The van der Waals surface area contributed by atoms with Gasteiger partial charge in [-0.05, 0) is 67.8 Å². The Balaban J connectivity index is 1.63. The van der Waals surface area contributed by atoms with Crippen molar-refractivity contribution < 1.29 is 19.1 Å². The van der Waals surface area contributed by atoms with Crippen LogP contribution in [0, 0.1) is 0 Å². The first kappa shape index (κ1) is 26.2. The van der Waals surface area contributed by atoms with Gasteiger partial charge in [0.25, 0.3) is 11.8 Å². The van der Waals surface area contributed by atoms with Gasteiger partial charge in [-0.15, -0.1) is 11.6 Å². The summed E-state index contributed by atoms with van der Waals surface area (Å²) in [7, 11) is 4.91. The number of unbranched alkanes of at least 4 members (excludes halogenated alkanes) is 1. The van der Waals surface area contributed by atoms with Crippen molar-refractivity contribution in [3.05, 3.63) is 65.5 Å². The van der Waals surface area contributed by atoms with E-state index < -0.39 is 0 Å². The van der Waals surface area contributed by atoms with Gasteiger partial charge in [-0.1, -0.05) is 0 Å². The molecule has 0 saturated heterocycles. The van der Waals surface area contributed by atoms with Crippen LogP contribution in [0.5, 0.6) is 5.75 Å². The zero-order valence-electron chi connectivity index (χ0n) is 21.2. The molecule has 194 valence electrons. The summed E-state index contributed by atoms with van der Waals surface area (Å²) in [5, 5.41) is 7.45. The number of ether oxygens (including phenoxy) is 1. The largest absolute Gasteiger partial charge is 0.497 e. The van der Waals surface area contributed by atoms with Gasteiger partial charge in [0.1, 0.15) is 11.4 Å². The number of hydrogen-bond acceptors (Lipinski definition) is 5. The van der Waals surface area contributed by atoms with Crippen LogP contribution in [0.3, 0.4) is 0 Å². The number of alkyl halides is 1. The fourth-order valence-corrected chi connectivity index (χ4v) is 4.42. The molecule has 3 aromatic rings. The normalized spacial score (nSPS) is 12.8. The molecule has 1 N–H and O–H groups in total. The molecule has 0 radical (unpaired) electrons. The molecule has 1 aliphatic heterocycles. The van der Waals surface area contributed by atoms with Gasteiger partial charge in [0.2, 0.25) is 5.91 Å². The van der Waals surface area contributed by atoms with Crippen LogP contribution >= 0.6 is 11.6 Å². The van der Waals surface area contributed by atoms with Gasteiger partial charge in [-0.2, -0.15) is 5.10 Å². The number of nitrogens with zero attached hydrogens (tertiary/aromatic N) is 4. The van der Waals surface area contributed by atoms with Crippen LogP contribution in [0.1, 0.15) is 45.8 Å². The van der Waals surface area contributed by atoms with Gasteiger partial charge in [0, 0.05) is 49.9 Å². The van der Waals surface area contributed by atoms with Crippen molar-refractivity contribution >= 4 is 40.7 Å². The summed E-state index contributed by atoms with van der Waals surface area (Å²) in [6.45, 7) is 0.401. The topological polar surface area (TPSA) is 96.8 Å². The third-order valence-corrected chi connectivity index (χ3v) is 6.46. The highest BCUT2D eigenvalue weighted by Crippen LogP contribution is 2.30. The third-order valence-electron chi connectivity index (χ3n) is 6.19. The van der Waals surface area contributed by atoms with Crippen LogP contribution in [-0.2, 0) is 11.2 Å². The van der Waals surface area contributed by atoms with Gasteiger partial charge in [0.15, 0.2) is 5.69 Å². The van der Waals surface area contributed by atoms with Gasteiger partial charge in [-0.3, -0.25) is 14.4 Å². The zero-order chi connectivity index (χ0) is 26.5. The molecule has 9 nitrogen and oxygen atoms in total. The molecular formula is C27H30ClN5O4. The molecule has 0 saturated carbocycles. The lowest BCUT2D eigenvalue weighted by atomic mass is 10.0. The van der Waals surface area contributed by atoms with E-state index in [0.717, 1.165) is 12.8 Å². The molecule has 10 heteroatoms. The maximum Gasteiger partial charge on any atom is 0.277 e. The Hall–Kier alpha value is -3.85. The van der Waals surface area contributed by atoms with Crippen LogP contribution in [-0.4, -0.2) is 66.0 Å². The van der Waals surface area contributed by atoms with Crippen LogP contribution in [0.15, 0.2) is 48.5 Å². The minimum Gasteiger partial charge on any atom is -0.497 e. The summed E-state index contributed by atoms with van der Waals surface area (Å²) >= 11 is 5.67. The highest BCUT2D eigenvalue weighted by molar-refractivity contribution is 6.17. The standard InChI is InChI=1S/C27H30ClN5O4/c1-31(2)26(35)24-22-15-17-32(19-9-7-18(8-10-19)29-23(34)6-4-5-16-28)27(36)25(22)33(30-24)20-11-13-21(37-3)14-12-20/h7-14H,4-6,15-17H2,1-3H3,(H,29,34).